The number of hydrogen-bond acceptors (Lipinski definition) is 6. The second-order valence-electron chi connectivity index (χ2n) is 4.78. The molecular formula is C11H14ClN3O3S. The fraction of sp³-hybridized carbons (Fsp3) is 0.636. The van der Waals surface area contributed by atoms with E-state index in [1.807, 2.05) is 11.8 Å². The molecule has 0 N–H and O–H groups in total. The van der Waals surface area contributed by atoms with Crippen LogP contribution in [-0.2, 0) is 21.0 Å². The molecule has 1 atom stereocenters. The Kier molecular flexibility index (Phi) is 3.15. The van der Waals surface area contributed by atoms with Crippen LogP contribution in [0.3, 0.4) is 0 Å². The van der Waals surface area contributed by atoms with Gasteiger partial charge in [-0.2, -0.15) is 4.98 Å². The Bertz CT molecular complexity index is 620. The van der Waals surface area contributed by atoms with Gasteiger partial charge in [0.15, 0.2) is 15.7 Å². The first-order chi connectivity index (χ1) is 8.99. The summed E-state index contributed by atoms with van der Waals surface area (Å²) in [5.74, 6) is 0.520. The smallest absolute Gasteiger partial charge is 0.224 e. The number of nitrogens with zero attached hydrogens (tertiary/aromatic N) is 3. The minimum Gasteiger partial charge on any atom is -0.377 e. The summed E-state index contributed by atoms with van der Waals surface area (Å²) in [6.07, 6.45) is 0.408. The number of sulfone groups is 1. The number of halogens is 1. The van der Waals surface area contributed by atoms with Crippen molar-refractivity contribution in [1.29, 1.82) is 0 Å². The maximum absolute atomic E-state index is 12.2. The molecule has 8 heteroatoms. The molecule has 0 unspecified atom stereocenters. The van der Waals surface area contributed by atoms with Crippen molar-refractivity contribution >= 4 is 27.3 Å². The molecule has 2 aliphatic heterocycles. The van der Waals surface area contributed by atoms with Crippen LogP contribution in [0.2, 0.25) is 5.28 Å². The molecular weight excluding hydrogens is 290 g/mol. The quantitative estimate of drug-likeness (QED) is 0.711. The summed E-state index contributed by atoms with van der Waals surface area (Å²) in [7, 11) is -3.29. The number of hydrogen-bond donors (Lipinski definition) is 0. The second kappa shape index (κ2) is 4.57. The monoisotopic (exact) mass is 303 g/mol. The highest BCUT2D eigenvalue weighted by Gasteiger charge is 2.36. The van der Waals surface area contributed by atoms with Gasteiger partial charge in [-0.05, 0) is 18.5 Å². The molecule has 19 heavy (non-hydrogen) atoms. The molecule has 3 heterocycles. The third-order valence-corrected chi connectivity index (χ3v) is 5.40. The maximum Gasteiger partial charge on any atom is 0.224 e. The summed E-state index contributed by atoms with van der Waals surface area (Å²) in [5, 5.41) is 0.101. The normalized spacial score (nSPS) is 25.4. The topological polar surface area (TPSA) is 72.4 Å². The van der Waals surface area contributed by atoms with Gasteiger partial charge >= 0.3 is 0 Å². The minimum absolute atomic E-state index is 0.0691. The van der Waals surface area contributed by atoms with Crippen molar-refractivity contribution in [2.45, 2.75) is 24.3 Å². The molecule has 1 fully saturated rings. The van der Waals surface area contributed by atoms with Gasteiger partial charge in [0, 0.05) is 13.0 Å². The number of rotatable bonds is 1. The Morgan fingerprint density at radius 2 is 2.21 bits per heavy atom. The van der Waals surface area contributed by atoms with Crippen molar-refractivity contribution < 1.29 is 13.2 Å². The van der Waals surface area contributed by atoms with Crippen molar-refractivity contribution in [1.82, 2.24) is 9.97 Å². The Balaban J connectivity index is 2.16. The summed E-state index contributed by atoms with van der Waals surface area (Å²) in [4.78, 5) is 10.4. The summed E-state index contributed by atoms with van der Waals surface area (Å²) in [6.45, 7) is 3.69. The van der Waals surface area contributed by atoms with Gasteiger partial charge in [-0.3, -0.25) is 0 Å². The van der Waals surface area contributed by atoms with Gasteiger partial charge < -0.3 is 9.64 Å². The SMILES string of the molecule is C[C@H]1COCCN1c1nc(Cl)nc2c1S(=O)(=O)CC2. The van der Waals surface area contributed by atoms with Crippen LogP contribution >= 0.6 is 11.6 Å². The molecule has 1 aromatic heterocycles. The van der Waals surface area contributed by atoms with E-state index in [1.165, 1.54) is 0 Å². The molecule has 0 aromatic carbocycles. The van der Waals surface area contributed by atoms with E-state index in [4.69, 9.17) is 16.3 Å². The molecule has 2 aliphatic rings. The fourth-order valence-electron chi connectivity index (χ4n) is 2.51. The zero-order chi connectivity index (χ0) is 13.6. The summed E-state index contributed by atoms with van der Waals surface area (Å²) < 4.78 is 29.7. The highest BCUT2D eigenvalue weighted by Crippen LogP contribution is 2.34. The number of ether oxygens (including phenoxy) is 1. The zero-order valence-electron chi connectivity index (χ0n) is 10.5. The largest absolute Gasteiger partial charge is 0.377 e. The lowest BCUT2D eigenvalue weighted by atomic mass is 10.2. The molecule has 3 rings (SSSR count). The third-order valence-electron chi connectivity index (χ3n) is 3.45. The molecule has 0 radical (unpaired) electrons. The van der Waals surface area contributed by atoms with E-state index in [0.29, 0.717) is 37.7 Å². The van der Waals surface area contributed by atoms with Crippen LogP contribution < -0.4 is 4.90 Å². The second-order valence-corrected chi connectivity index (χ2v) is 7.16. The number of morpholine rings is 1. The van der Waals surface area contributed by atoms with E-state index in [9.17, 15) is 8.42 Å². The van der Waals surface area contributed by atoms with Crippen molar-refractivity contribution in [3.8, 4) is 0 Å². The Hall–Kier alpha value is -0.920. The highest BCUT2D eigenvalue weighted by atomic mass is 35.5. The fourth-order valence-corrected chi connectivity index (χ4v) is 4.31. The van der Waals surface area contributed by atoms with E-state index < -0.39 is 9.84 Å². The van der Waals surface area contributed by atoms with Crippen LogP contribution in [0.15, 0.2) is 4.90 Å². The predicted octanol–water partition coefficient (Wildman–Crippen LogP) is 0.685. The van der Waals surface area contributed by atoms with E-state index in [0.717, 1.165) is 0 Å². The lowest BCUT2D eigenvalue weighted by molar-refractivity contribution is 0.0982. The Morgan fingerprint density at radius 1 is 1.42 bits per heavy atom. The number of aromatic nitrogens is 2. The molecule has 6 nitrogen and oxygen atoms in total. The maximum atomic E-state index is 12.2. The van der Waals surface area contributed by atoms with Crippen LogP contribution in [0.1, 0.15) is 12.6 Å². The van der Waals surface area contributed by atoms with E-state index >= 15 is 0 Å². The molecule has 0 saturated carbocycles. The van der Waals surface area contributed by atoms with Gasteiger partial charge in [0.2, 0.25) is 5.28 Å². The van der Waals surface area contributed by atoms with Crippen LogP contribution in [0.4, 0.5) is 5.82 Å². The van der Waals surface area contributed by atoms with Crippen LogP contribution in [0.25, 0.3) is 0 Å². The number of aryl methyl sites for hydroxylation is 1. The van der Waals surface area contributed by atoms with Crippen LogP contribution in [0.5, 0.6) is 0 Å². The highest BCUT2D eigenvalue weighted by molar-refractivity contribution is 7.91. The Labute approximate surface area is 116 Å². The molecule has 0 aliphatic carbocycles. The number of anilines is 1. The van der Waals surface area contributed by atoms with Gasteiger partial charge in [0.1, 0.15) is 4.90 Å². The van der Waals surface area contributed by atoms with Crippen molar-refractivity contribution in [2.24, 2.45) is 0 Å². The predicted molar refractivity (Wildman–Crippen MR) is 70.4 cm³/mol. The standard InChI is InChI=1S/C11H14ClN3O3S/c1-7-6-18-4-3-15(7)10-9-8(13-11(12)14-10)2-5-19(9,16)17/h7H,2-6H2,1H3/t7-/m0/s1. The van der Waals surface area contributed by atoms with E-state index in [1.54, 1.807) is 0 Å². The van der Waals surface area contributed by atoms with Crippen molar-refractivity contribution in [3.63, 3.8) is 0 Å². The average molecular weight is 304 g/mol. The summed E-state index contributed by atoms with van der Waals surface area (Å²) >= 11 is 5.91. The summed E-state index contributed by atoms with van der Waals surface area (Å²) in [6, 6.07) is 0.0691. The molecule has 1 saturated heterocycles. The minimum atomic E-state index is -3.29. The van der Waals surface area contributed by atoms with Gasteiger partial charge in [-0.25, -0.2) is 13.4 Å². The molecule has 104 valence electrons. The third kappa shape index (κ3) is 2.19. The van der Waals surface area contributed by atoms with Gasteiger partial charge in [0.25, 0.3) is 0 Å². The lowest BCUT2D eigenvalue weighted by Gasteiger charge is -2.35. The van der Waals surface area contributed by atoms with Gasteiger partial charge in [-0.15, -0.1) is 0 Å². The molecule has 0 bridgehead atoms. The Morgan fingerprint density at radius 3 is 2.95 bits per heavy atom. The first kappa shape index (κ1) is 13.1. The van der Waals surface area contributed by atoms with Gasteiger partial charge in [-0.1, -0.05) is 0 Å². The van der Waals surface area contributed by atoms with Crippen LogP contribution in [-0.4, -0.2) is 49.9 Å². The van der Waals surface area contributed by atoms with Gasteiger partial charge in [0.05, 0.1) is 30.7 Å². The molecule has 0 spiro atoms. The lowest BCUT2D eigenvalue weighted by Crippen LogP contribution is -2.44. The van der Waals surface area contributed by atoms with Crippen molar-refractivity contribution in [2.75, 3.05) is 30.4 Å². The summed E-state index contributed by atoms with van der Waals surface area (Å²) in [5.41, 5.74) is 0.536. The van der Waals surface area contributed by atoms with Crippen LogP contribution in [0, 0.1) is 0 Å². The molecule has 1 aromatic rings. The van der Waals surface area contributed by atoms with Crippen molar-refractivity contribution in [3.05, 3.63) is 11.0 Å². The number of fused-ring (bicyclic) bond motifs is 1. The molecule has 0 amide bonds. The first-order valence-electron chi connectivity index (χ1n) is 6.12. The van der Waals surface area contributed by atoms with E-state index in [-0.39, 0.29) is 22.0 Å². The zero-order valence-corrected chi connectivity index (χ0v) is 12.0. The van der Waals surface area contributed by atoms with E-state index in [2.05, 4.69) is 9.97 Å². The average Bonchev–Trinajstić information content (AvgIpc) is 2.65. The first-order valence-corrected chi connectivity index (χ1v) is 8.15.